The minimum absolute atomic E-state index is 0.212. The lowest BCUT2D eigenvalue weighted by molar-refractivity contribution is -0.0486. The third-order valence-corrected chi connectivity index (χ3v) is 4.01. The Morgan fingerprint density at radius 1 is 1.04 bits per heavy atom. The van der Waals surface area contributed by atoms with E-state index in [2.05, 4.69) is 10.6 Å². The van der Waals surface area contributed by atoms with Crippen LogP contribution >= 0.6 is 0 Å². The molecule has 0 aliphatic carbocycles. The minimum Gasteiger partial charge on any atom is -0.443 e. The van der Waals surface area contributed by atoms with Gasteiger partial charge in [-0.25, -0.2) is 14.9 Å². The third-order valence-electron chi connectivity index (χ3n) is 4.01. The fourth-order valence-electron chi connectivity index (χ4n) is 2.87. The minimum atomic E-state index is -0.699. The van der Waals surface area contributed by atoms with Crippen molar-refractivity contribution in [3.63, 3.8) is 0 Å². The number of likely N-dealkylation sites (tertiary alicyclic amines) is 1. The Hall–Kier alpha value is -1.34. The van der Waals surface area contributed by atoms with Crippen LogP contribution in [0.1, 0.15) is 46.5 Å². The van der Waals surface area contributed by atoms with Crippen LogP contribution in [0.5, 0.6) is 0 Å². The number of carbonyl (C=O) groups is 2. The number of ether oxygens (including phenoxy) is 2. The van der Waals surface area contributed by atoms with Crippen LogP contribution in [-0.4, -0.2) is 61.0 Å². The summed E-state index contributed by atoms with van der Waals surface area (Å²) >= 11 is 0. The van der Waals surface area contributed by atoms with Crippen LogP contribution in [0.4, 0.5) is 9.59 Å². The van der Waals surface area contributed by atoms with Crippen LogP contribution in [0.3, 0.4) is 0 Å². The van der Waals surface area contributed by atoms with E-state index in [4.69, 9.17) is 9.47 Å². The first-order valence-electron chi connectivity index (χ1n) is 8.48. The topological polar surface area (TPSA) is 79.9 Å². The number of imide groups is 1. The fraction of sp³-hybridized carbons (Fsp3) is 0.875. The van der Waals surface area contributed by atoms with Crippen molar-refractivity contribution in [2.45, 2.75) is 64.3 Å². The molecule has 0 aromatic heterocycles. The van der Waals surface area contributed by atoms with E-state index in [1.54, 1.807) is 25.7 Å². The number of amides is 3. The summed E-state index contributed by atoms with van der Waals surface area (Å²) in [6.07, 6.45) is 3.58. The van der Waals surface area contributed by atoms with E-state index in [9.17, 15) is 9.59 Å². The van der Waals surface area contributed by atoms with Crippen molar-refractivity contribution in [2.24, 2.45) is 0 Å². The molecule has 2 rings (SSSR count). The zero-order valence-corrected chi connectivity index (χ0v) is 14.4. The summed E-state index contributed by atoms with van der Waals surface area (Å²) in [6.45, 7) is 8.53. The molecule has 0 aromatic carbocycles. The number of alkyl carbamates (subject to hydrolysis) is 1. The molecular formula is C16H29N3O4. The van der Waals surface area contributed by atoms with Gasteiger partial charge in [0.05, 0.1) is 12.2 Å². The van der Waals surface area contributed by atoms with Gasteiger partial charge in [0.2, 0.25) is 0 Å². The van der Waals surface area contributed by atoms with Gasteiger partial charge in [0.25, 0.3) is 0 Å². The summed E-state index contributed by atoms with van der Waals surface area (Å²) in [6, 6.07) is -0.389. The average Bonchev–Trinajstić information content (AvgIpc) is 2.47. The van der Waals surface area contributed by atoms with Crippen molar-refractivity contribution in [2.75, 3.05) is 26.2 Å². The summed E-state index contributed by atoms with van der Waals surface area (Å²) in [4.78, 5) is 25.3. The van der Waals surface area contributed by atoms with Gasteiger partial charge in [0.1, 0.15) is 5.60 Å². The molecule has 2 heterocycles. The highest BCUT2D eigenvalue weighted by Gasteiger charge is 2.27. The first-order valence-corrected chi connectivity index (χ1v) is 8.48. The number of rotatable bonds is 2. The molecule has 0 spiro atoms. The first kappa shape index (κ1) is 18.0. The highest BCUT2D eigenvalue weighted by Crippen LogP contribution is 2.19. The summed E-state index contributed by atoms with van der Waals surface area (Å²) < 4.78 is 11.2. The molecule has 2 aliphatic heterocycles. The van der Waals surface area contributed by atoms with Crippen LogP contribution in [-0.2, 0) is 9.47 Å². The van der Waals surface area contributed by atoms with E-state index in [1.807, 2.05) is 0 Å². The maximum Gasteiger partial charge on any atom is 0.415 e. The Balaban J connectivity index is 1.69. The number of urea groups is 1. The molecule has 3 amide bonds. The lowest BCUT2D eigenvalue weighted by Crippen LogP contribution is -2.49. The highest BCUT2D eigenvalue weighted by atomic mass is 16.6. The standard InChI is InChI=1S/C16H29N3O4/c1-16(2,3)23-15(21)18-14(20)19-10-6-13(7-11-19)22-12-4-8-17-9-5-12/h12-13,17H,4-11H2,1-3H3,(H,18,20,21). The fourth-order valence-corrected chi connectivity index (χ4v) is 2.87. The largest absolute Gasteiger partial charge is 0.443 e. The van der Waals surface area contributed by atoms with E-state index in [1.165, 1.54) is 0 Å². The molecule has 0 saturated carbocycles. The third kappa shape index (κ3) is 6.35. The van der Waals surface area contributed by atoms with Crippen LogP contribution in [0.15, 0.2) is 0 Å². The number of nitrogens with zero attached hydrogens (tertiary/aromatic N) is 1. The predicted octanol–water partition coefficient (Wildman–Crippen LogP) is 1.86. The smallest absolute Gasteiger partial charge is 0.415 e. The van der Waals surface area contributed by atoms with Crippen molar-refractivity contribution in [3.05, 3.63) is 0 Å². The number of nitrogens with one attached hydrogen (secondary N) is 2. The maximum absolute atomic E-state index is 12.1. The Kier molecular flexibility index (Phi) is 6.24. The Morgan fingerprint density at radius 3 is 2.17 bits per heavy atom. The molecule has 7 heteroatoms. The van der Waals surface area contributed by atoms with Crippen molar-refractivity contribution >= 4 is 12.1 Å². The number of hydrogen-bond donors (Lipinski definition) is 2. The summed E-state index contributed by atoms with van der Waals surface area (Å²) in [5.41, 5.74) is -0.611. The van der Waals surface area contributed by atoms with E-state index < -0.39 is 11.7 Å². The van der Waals surface area contributed by atoms with E-state index in [0.29, 0.717) is 19.2 Å². The van der Waals surface area contributed by atoms with Crippen LogP contribution < -0.4 is 10.6 Å². The zero-order chi connectivity index (χ0) is 16.9. The second-order valence-electron chi connectivity index (χ2n) is 7.20. The summed E-state index contributed by atoms with van der Waals surface area (Å²) in [5.74, 6) is 0. The lowest BCUT2D eigenvalue weighted by atomic mass is 10.1. The molecule has 2 N–H and O–H groups in total. The second-order valence-corrected chi connectivity index (χ2v) is 7.20. The molecule has 7 nitrogen and oxygen atoms in total. The van der Waals surface area contributed by atoms with Gasteiger partial charge < -0.3 is 19.7 Å². The van der Waals surface area contributed by atoms with Gasteiger partial charge in [-0.2, -0.15) is 0 Å². The molecular weight excluding hydrogens is 298 g/mol. The molecule has 0 bridgehead atoms. The molecule has 0 radical (unpaired) electrons. The van der Waals surface area contributed by atoms with Crippen molar-refractivity contribution in [3.8, 4) is 0 Å². The first-order chi connectivity index (χ1) is 10.8. The van der Waals surface area contributed by atoms with Crippen LogP contribution in [0.2, 0.25) is 0 Å². The van der Waals surface area contributed by atoms with Crippen molar-refractivity contribution in [1.82, 2.24) is 15.5 Å². The molecule has 2 saturated heterocycles. The Bertz CT molecular complexity index is 408. The summed E-state index contributed by atoms with van der Waals surface area (Å²) in [7, 11) is 0. The molecule has 23 heavy (non-hydrogen) atoms. The normalized spacial score (nSPS) is 21.1. The molecule has 0 unspecified atom stereocenters. The molecule has 0 atom stereocenters. The van der Waals surface area contributed by atoms with Crippen LogP contribution in [0.25, 0.3) is 0 Å². The lowest BCUT2D eigenvalue weighted by Gasteiger charge is -2.35. The van der Waals surface area contributed by atoms with Crippen molar-refractivity contribution in [1.29, 1.82) is 0 Å². The maximum atomic E-state index is 12.1. The highest BCUT2D eigenvalue weighted by molar-refractivity contribution is 5.90. The Morgan fingerprint density at radius 2 is 1.61 bits per heavy atom. The van der Waals surface area contributed by atoms with Gasteiger partial charge in [0.15, 0.2) is 0 Å². The van der Waals surface area contributed by atoms with Gasteiger partial charge in [-0.05, 0) is 59.5 Å². The van der Waals surface area contributed by atoms with Crippen molar-refractivity contribution < 1.29 is 19.1 Å². The molecule has 2 fully saturated rings. The van der Waals surface area contributed by atoms with Gasteiger partial charge in [-0.1, -0.05) is 0 Å². The molecule has 0 aromatic rings. The Labute approximate surface area is 138 Å². The SMILES string of the molecule is CC(C)(C)OC(=O)NC(=O)N1CCC(OC2CCNCC2)CC1. The van der Waals surface area contributed by atoms with Gasteiger partial charge in [0, 0.05) is 13.1 Å². The second kappa shape index (κ2) is 7.97. The van der Waals surface area contributed by atoms with E-state index in [0.717, 1.165) is 38.8 Å². The van der Waals surface area contributed by atoms with Gasteiger partial charge >= 0.3 is 12.1 Å². The predicted molar refractivity (Wildman–Crippen MR) is 86.3 cm³/mol. The summed E-state index contributed by atoms with van der Waals surface area (Å²) in [5, 5.41) is 5.60. The average molecular weight is 327 g/mol. The van der Waals surface area contributed by atoms with Gasteiger partial charge in [-0.3, -0.25) is 0 Å². The number of carbonyl (C=O) groups excluding carboxylic acids is 2. The van der Waals surface area contributed by atoms with E-state index in [-0.39, 0.29) is 12.1 Å². The zero-order valence-electron chi connectivity index (χ0n) is 14.4. The van der Waals surface area contributed by atoms with Crippen LogP contribution in [0, 0.1) is 0 Å². The van der Waals surface area contributed by atoms with Gasteiger partial charge in [-0.15, -0.1) is 0 Å². The monoisotopic (exact) mass is 327 g/mol. The number of hydrogen-bond acceptors (Lipinski definition) is 5. The number of piperidine rings is 2. The molecule has 2 aliphatic rings. The van der Waals surface area contributed by atoms with E-state index >= 15 is 0 Å². The quantitative estimate of drug-likeness (QED) is 0.809. The molecule has 132 valence electrons.